The van der Waals surface area contributed by atoms with Gasteiger partial charge in [-0.05, 0) is 49.6 Å². The van der Waals surface area contributed by atoms with Gasteiger partial charge in [-0.2, -0.15) is 0 Å². The zero-order valence-electron chi connectivity index (χ0n) is 19.5. The molecule has 1 aromatic carbocycles. The lowest BCUT2D eigenvalue weighted by molar-refractivity contribution is -0.139. The summed E-state index contributed by atoms with van der Waals surface area (Å²) in [6.45, 7) is 4.14. The molecule has 0 radical (unpaired) electrons. The summed E-state index contributed by atoms with van der Waals surface area (Å²) in [7, 11) is 0. The number of hydrogen-bond donors (Lipinski definition) is 3. The van der Waals surface area contributed by atoms with Crippen LogP contribution in [0.2, 0.25) is 0 Å². The van der Waals surface area contributed by atoms with Crippen LogP contribution in [0.5, 0.6) is 0 Å². The van der Waals surface area contributed by atoms with Gasteiger partial charge in [0.25, 0.3) is 0 Å². The van der Waals surface area contributed by atoms with E-state index in [1.54, 1.807) is 19.1 Å². The molecule has 11 heteroatoms. The minimum atomic E-state index is -0.736. The third-order valence-corrected chi connectivity index (χ3v) is 7.25. The zero-order chi connectivity index (χ0) is 24.6. The second-order valence-electron chi connectivity index (χ2n) is 7.75. The molecule has 3 aromatic rings. The summed E-state index contributed by atoms with van der Waals surface area (Å²) in [4.78, 5) is 25.1. The third kappa shape index (κ3) is 6.43. The second-order valence-corrected chi connectivity index (χ2v) is 9.95. The van der Waals surface area contributed by atoms with Crippen molar-refractivity contribution in [3.05, 3.63) is 65.3 Å². The van der Waals surface area contributed by atoms with Crippen molar-refractivity contribution in [3.8, 4) is 0 Å². The summed E-state index contributed by atoms with van der Waals surface area (Å²) < 4.78 is 11.4. The Kier molecular flexibility index (Phi) is 8.43. The van der Waals surface area contributed by atoms with Gasteiger partial charge in [0, 0.05) is 17.1 Å². The van der Waals surface area contributed by atoms with Gasteiger partial charge >= 0.3 is 12.0 Å². The maximum atomic E-state index is 12.8. The molecule has 4 rings (SSSR count). The SMILES string of the molecule is CCCCc1ccc(Nc2nnc(SCC3=C(C(=O)OCC)C(c4ccco4)NC(=O)N3)s2)cc1. The molecule has 9 nitrogen and oxygen atoms in total. The van der Waals surface area contributed by atoms with Crippen LogP contribution in [0.4, 0.5) is 15.6 Å². The number of rotatable bonds is 11. The summed E-state index contributed by atoms with van der Waals surface area (Å²) in [5.41, 5.74) is 3.01. The van der Waals surface area contributed by atoms with Crippen molar-refractivity contribution < 1.29 is 18.7 Å². The Morgan fingerprint density at radius 1 is 1.23 bits per heavy atom. The van der Waals surface area contributed by atoms with E-state index in [0.717, 1.165) is 12.1 Å². The molecule has 0 aliphatic carbocycles. The van der Waals surface area contributed by atoms with Crippen LogP contribution in [0.25, 0.3) is 0 Å². The van der Waals surface area contributed by atoms with Gasteiger partial charge in [-0.1, -0.05) is 48.6 Å². The van der Waals surface area contributed by atoms with E-state index in [1.807, 2.05) is 12.1 Å². The van der Waals surface area contributed by atoms with Gasteiger partial charge in [0.1, 0.15) is 11.8 Å². The standard InChI is InChI=1S/C24H27N5O4S2/c1-3-5-7-15-9-11-16(12-10-15)25-23-28-29-24(35-23)34-14-17-19(21(30)32-4-2)20(27-22(31)26-17)18-8-6-13-33-18/h6,8-13,20H,3-5,7,14H2,1-2H3,(H,25,28)(H2,26,27,31). The molecule has 0 bridgehead atoms. The molecule has 0 saturated heterocycles. The molecule has 3 N–H and O–H groups in total. The highest BCUT2D eigenvalue weighted by molar-refractivity contribution is 8.01. The van der Waals surface area contributed by atoms with Gasteiger partial charge < -0.3 is 25.1 Å². The van der Waals surface area contributed by atoms with Crippen molar-refractivity contribution in [2.45, 2.75) is 43.5 Å². The Balaban J connectivity index is 1.46. The first kappa shape index (κ1) is 24.8. The van der Waals surface area contributed by atoms with Crippen LogP contribution in [-0.2, 0) is 16.0 Å². The zero-order valence-corrected chi connectivity index (χ0v) is 21.1. The van der Waals surface area contributed by atoms with E-state index >= 15 is 0 Å². The monoisotopic (exact) mass is 513 g/mol. The number of amides is 2. The van der Waals surface area contributed by atoms with Gasteiger partial charge in [0.15, 0.2) is 4.34 Å². The predicted octanol–water partition coefficient (Wildman–Crippen LogP) is 5.18. The Hall–Kier alpha value is -3.31. The molecule has 0 fully saturated rings. The van der Waals surface area contributed by atoms with Crippen molar-refractivity contribution >= 4 is 45.9 Å². The summed E-state index contributed by atoms with van der Waals surface area (Å²) in [6, 6.07) is 10.6. The van der Waals surface area contributed by atoms with Gasteiger partial charge in [0.2, 0.25) is 5.13 Å². The van der Waals surface area contributed by atoms with E-state index in [1.165, 1.54) is 47.8 Å². The van der Waals surface area contributed by atoms with E-state index in [2.05, 4.69) is 45.2 Å². The maximum absolute atomic E-state index is 12.8. The number of nitrogens with zero attached hydrogens (tertiary/aromatic N) is 2. The molecular weight excluding hydrogens is 486 g/mol. The molecule has 1 aliphatic rings. The number of carbonyl (C=O) groups is 2. The number of unbranched alkanes of at least 4 members (excludes halogenated alkanes) is 1. The Morgan fingerprint density at radius 3 is 2.77 bits per heavy atom. The highest BCUT2D eigenvalue weighted by Crippen LogP contribution is 2.33. The first-order valence-electron chi connectivity index (χ1n) is 11.4. The number of esters is 1. The van der Waals surface area contributed by atoms with Gasteiger partial charge in [0.05, 0.1) is 18.4 Å². The average Bonchev–Trinajstić information content (AvgIpc) is 3.54. The third-order valence-electron chi connectivity index (χ3n) is 5.25. The minimum absolute atomic E-state index is 0.215. The summed E-state index contributed by atoms with van der Waals surface area (Å²) in [5.74, 6) is 0.243. The number of aryl methyl sites for hydroxylation is 1. The predicted molar refractivity (Wildman–Crippen MR) is 136 cm³/mol. The highest BCUT2D eigenvalue weighted by Gasteiger charge is 2.35. The van der Waals surface area contributed by atoms with Crippen molar-refractivity contribution in [3.63, 3.8) is 0 Å². The lowest BCUT2D eigenvalue weighted by atomic mass is 10.0. The number of benzene rings is 1. The number of nitrogens with one attached hydrogen (secondary N) is 3. The molecular formula is C24H27N5O4S2. The van der Waals surface area contributed by atoms with Crippen molar-refractivity contribution in [1.29, 1.82) is 0 Å². The fraction of sp³-hybridized carbons (Fsp3) is 0.333. The first-order valence-corrected chi connectivity index (χ1v) is 13.2. The lowest BCUT2D eigenvalue weighted by Crippen LogP contribution is -2.46. The van der Waals surface area contributed by atoms with E-state index in [0.29, 0.717) is 32.3 Å². The molecule has 184 valence electrons. The number of furan rings is 1. The number of hydrogen-bond acceptors (Lipinski definition) is 9. The van der Waals surface area contributed by atoms with E-state index in [4.69, 9.17) is 9.15 Å². The molecule has 2 amide bonds. The summed E-state index contributed by atoms with van der Waals surface area (Å²) in [6.07, 6.45) is 4.92. The number of ether oxygens (including phenoxy) is 1. The summed E-state index contributed by atoms with van der Waals surface area (Å²) in [5, 5.41) is 17.9. The molecule has 0 spiro atoms. The number of carbonyl (C=O) groups excluding carboxylic acids is 2. The molecule has 3 heterocycles. The Labute approximate surface area is 211 Å². The first-order chi connectivity index (χ1) is 17.1. The van der Waals surface area contributed by atoms with Crippen LogP contribution in [-0.4, -0.2) is 34.6 Å². The van der Waals surface area contributed by atoms with Crippen LogP contribution >= 0.6 is 23.1 Å². The Morgan fingerprint density at radius 2 is 2.06 bits per heavy atom. The fourth-order valence-corrected chi connectivity index (χ4v) is 5.30. The molecule has 1 atom stereocenters. The van der Waals surface area contributed by atoms with Crippen LogP contribution < -0.4 is 16.0 Å². The van der Waals surface area contributed by atoms with Crippen molar-refractivity contribution in [2.24, 2.45) is 0 Å². The van der Waals surface area contributed by atoms with Crippen molar-refractivity contribution in [1.82, 2.24) is 20.8 Å². The second kappa shape index (κ2) is 11.9. The van der Waals surface area contributed by atoms with Crippen LogP contribution in [0.15, 0.2) is 62.7 Å². The van der Waals surface area contributed by atoms with Crippen LogP contribution in [0, 0.1) is 0 Å². The maximum Gasteiger partial charge on any atom is 0.338 e. The van der Waals surface area contributed by atoms with E-state index < -0.39 is 18.0 Å². The van der Waals surface area contributed by atoms with E-state index in [-0.39, 0.29) is 6.61 Å². The highest BCUT2D eigenvalue weighted by atomic mass is 32.2. The van der Waals surface area contributed by atoms with Crippen LogP contribution in [0.3, 0.4) is 0 Å². The van der Waals surface area contributed by atoms with Gasteiger partial charge in [-0.25, -0.2) is 9.59 Å². The van der Waals surface area contributed by atoms with Gasteiger partial charge in [-0.15, -0.1) is 10.2 Å². The average molecular weight is 514 g/mol. The van der Waals surface area contributed by atoms with E-state index in [9.17, 15) is 9.59 Å². The number of thioether (sulfide) groups is 1. The molecule has 2 aromatic heterocycles. The largest absolute Gasteiger partial charge is 0.467 e. The minimum Gasteiger partial charge on any atom is -0.467 e. The number of anilines is 2. The van der Waals surface area contributed by atoms with Gasteiger partial charge in [-0.3, -0.25) is 0 Å². The lowest BCUT2D eigenvalue weighted by Gasteiger charge is -2.27. The number of urea groups is 1. The number of aromatic nitrogens is 2. The smallest absolute Gasteiger partial charge is 0.338 e. The normalized spacial score (nSPS) is 15.5. The fourth-order valence-electron chi connectivity index (χ4n) is 3.56. The molecule has 1 unspecified atom stereocenters. The topological polar surface area (TPSA) is 118 Å². The molecule has 1 aliphatic heterocycles. The molecule has 35 heavy (non-hydrogen) atoms. The quantitative estimate of drug-likeness (QED) is 0.237. The summed E-state index contributed by atoms with van der Waals surface area (Å²) >= 11 is 2.77. The Bertz CT molecular complexity index is 1180. The van der Waals surface area contributed by atoms with Crippen molar-refractivity contribution in [2.75, 3.05) is 17.7 Å². The molecule has 0 saturated carbocycles. The van der Waals surface area contributed by atoms with Crippen LogP contribution in [0.1, 0.15) is 44.1 Å².